The maximum Gasteiger partial charge on any atom is 0.419 e. The summed E-state index contributed by atoms with van der Waals surface area (Å²) in [6.07, 6.45) is -4.86. The maximum absolute atomic E-state index is 12.8. The van der Waals surface area contributed by atoms with E-state index in [1.54, 1.807) is 0 Å². The Kier molecular flexibility index (Phi) is 2.97. The lowest BCUT2D eigenvalue weighted by molar-refractivity contribution is -0.140. The molecule has 0 bridgehead atoms. The molecule has 1 aromatic rings. The minimum Gasteiger partial charge on any atom is -0.207 e. The molecule has 2 nitrogen and oxygen atoms in total. The number of rotatable bonds is 1. The van der Waals surface area contributed by atoms with Gasteiger partial charge in [0.2, 0.25) is 0 Å². The molecule has 0 amide bonds. The van der Waals surface area contributed by atoms with Gasteiger partial charge in [0.15, 0.2) is 0 Å². The van der Waals surface area contributed by atoms with Gasteiger partial charge in [-0.2, -0.15) is 13.2 Å². The minimum atomic E-state index is -4.86. The van der Waals surface area contributed by atoms with Crippen LogP contribution in [-0.2, 0) is 15.2 Å². The molecule has 0 spiro atoms. The van der Waals surface area contributed by atoms with Crippen molar-refractivity contribution in [2.75, 3.05) is 0 Å². The first-order valence-corrected chi connectivity index (χ1v) is 5.75. The van der Waals surface area contributed by atoms with Gasteiger partial charge in [-0.05, 0) is 18.2 Å². The Balaban J connectivity index is 3.34. The summed E-state index contributed by atoms with van der Waals surface area (Å²) in [5.41, 5.74) is -1.54. The van der Waals surface area contributed by atoms with Crippen LogP contribution in [0.2, 0.25) is 0 Å². The molecule has 1 aromatic carbocycles. The first-order chi connectivity index (χ1) is 6.62. The molecule has 0 aromatic heterocycles. The Hall–Kier alpha value is -0.820. The molecule has 0 fully saturated rings. The van der Waals surface area contributed by atoms with Crippen LogP contribution in [0.5, 0.6) is 0 Å². The van der Waals surface area contributed by atoms with E-state index in [1.165, 1.54) is 0 Å². The molecule has 0 radical (unpaired) electrons. The summed E-state index contributed by atoms with van der Waals surface area (Å²) in [6, 6.07) is 1.14. The molecule has 0 saturated carbocycles. The topological polar surface area (TPSA) is 34.1 Å². The lowest BCUT2D eigenvalue weighted by atomic mass is 10.2. The average molecular weight is 263 g/mol. The van der Waals surface area contributed by atoms with Gasteiger partial charge < -0.3 is 0 Å². The molecule has 0 saturated heterocycles. The van der Waals surface area contributed by atoms with E-state index in [0.29, 0.717) is 12.1 Å². The third-order valence-electron chi connectivity index (χ3n) is 1.53. The van der Waals surface area contributed by atoms with Gasteiger partial charge in [0.25, 0.3) is 9.05 Å². The first-order valence-electron chi connectivity index (χ1n) is 3.44. The third-order valence-corrected chi connectivity index (χ3v) is 2.88. The van der Waals surface area contributed by atoms with E-state index in [0.717, 1.165) is 0 Å². The Bertz CT molecular complexity index is 480. The molecule has 8 heteroatoms. The molecule has 0 aliphatic heterocycles. The molecule has 0 unspecified atom stereocenters. The fraction of sp³-hybridized carbons (Fsp3) is 0.143. The van der Waals surface area contributed by atoms with E-state index >= 15 is 0 Å². The van der Waals surface area contributed by atoms with Crippen molar-refractivity contribution in [2.45, 2.75) is 11.1 Å². The van der Waals surface area contributed by atoms with Crippen molar-refractivity contribution in [1.29, 1.82) is 0 Å². The minimum absolute atomic E-state index is 0.227. The summed E-state index contributed by atoms with van der Waals surface area (Å²) in [7, 11) is 0.599. The fourth-order valence-corrected chi connectivity index (χ4v) is 1.64. The Morgan fingerprint density at radius 2 is 1.73 bits per heavy atom. The Morgan fingerprint density at radius 1 is 1.20 bits per heavy atom. The zero-order valence-electron chi connectivity index (χ0n) is 6.85. The van der Waals surface area contributed by atoms with Crippen molar-refractivity contribution in [3.05, 3.63) is 29.6 Å². The third kappa shape index (κ3) is 2.82. The van der Waals surface area contributed by atoms with Gasteiger partial charge in [-0.15, -0.1) is 0 Å². The van der Waals surface area contributed by atoms with E-state index < -0.39 is 31.5 Å². The molecule has 0 aliphatic carbocycles. The van der Waals surface area contributed by atoms with Crippen LogP contribution in [0.25, 0.3) is 0 Å². The Morgan fingerprint density at radius 3 is 2.07 bits per heavy atom. The van der Waals surface area contributed by atoms with Crippen molar-refractivity contribution < 1.29 is 26.0 Å². The first kappa shape index (κ1) is 12.3. The second-order valence-electron chi connectivity index (χ2n) is 2.58. The summed E-state index contributed by atoms with van der Waals surface area (Å²) in [6.45, 7) is 0. The second-order valence-corrected chi connectivity index (χ2v) is 5.14. The molecule has 0 atom stereocenters. The number of hydrogen-bond acceptors (Lipinski definition) is 2. The second kappa shape index (κ2) is 3.64. The summed E-state index contributed by atoms with van der Waals surface area (Å²) < 4.78 is 70.3. The van der Waals surface area contributed by atoms with Crippen LogP contribution in [0.3, 0.4) is 0 Å². The molecule has 0 aliphatic rings. The zero-order chi connectivity index (χ0) is 11.9. The molecular weight excluding hydrogens is 260 g/mol. The van der Waals surface area contributed by atoms with Gasteiger partial charge in [0.1, 0.15) is 5.82 Å². The fourth-order valence-electron chi connectivity index (χ4n) is 0.877. The van der Waals surface area contributed by atoms with Gasteiger partial charge in [0, 0.05) is 10.7 Å². The standard InChI is InChI=1S/C7H3ClF4O2S/c8-15(13,14)4-1-2-5(6(9)3-4)7(10,11)12/h1-3H. The lowest BCUT2D eigenvalue weighted by Crippen LogP contribution is -2.08. The van der Waals surface area contributed by atoms with E-state index in [1.807, 2.05) is 0 Å². The normalized spacial score (nSPS) is 12.9. The molecule has 15 heavy (non-hydrogen) atoms. The van der Waals surface area contributed by atoms with Gasteiger partial charge in [-0.1, -0.05) is 0 Å². The maximum atomic E-state index is 12.8. The highest BCUT2D eigenvalue weighted by molar-refractivity contribution is 8.13. The van der Waals surface area contributed by atoms with Crippen LogP contribution >= 0.6 is 10.7 Å². The van der Waals surface area contributed by atoms with Crippen molar-refractivity contribution in [3.63, 3.8) is 0 Å². The predicted octanol–water partition coefficient (Wildman–Crippen LogP) is 2.77. The van der Waals surface area contributed by atoms with Gasteiger partial charge in [0.05, 0.1) is 10.5 Å². The lowest BCUT2D eigenvalue weighted by Gasteiger charge is -2.07. The van der Waals surface area contributed by atoms with Crippen molar-refractivity contribution in [1.82, 2.24) is 0 Å². The van der Waals surface area contributed by atoms with Crippen molar-refractivity contribution in [3.8, 4) is 0 Å². The van der Waals surface area contributed by atoms with Crippen LogP contribution in [-0.4, -0.2) is 8.42 Å². The Labute approximate surface area is 86.9 Å². The smallest absolute Gasteiger partial charge is 0.207 e. The summed E-state index contributed by atoms with van der Waals surface area (Å²) >= 11 is 0. The number of halogens is 5. The summed E-state index contributed by atoms with van der Waals surface area (Å²) in [5, 5.41) is 0. The SMILES string of the molecule is O=S(=O)(Cl)c1ccc(C(F)(F)F)c(F)c1. The highest BCUT2D eigenvalue weighted by Crippen LogP contribution is 2.32. The van der Waals surface area contributed by atoms with Crippen LogP contribution in [0.1, 0.15) is 5.56 Å². The summed E-state index contributed by atoms with van der Waals surface area (Å²) in [5.74, 6) is -1.68. The number of alkyl halides is 3. The van der Waals surface area contributed by atoms with E-state index in [-0.39, 0.29) is 6.07 Å². The number of benzene rings is 1. The van der Waals surface area contributed by atoms with Crippen LogP contribution in [0, 0.1) is 5.82 Å². The monoisotopic (exact) mass is 262 g/mol. The van der Waals surface area contributed by atoms with Crippen LogP contribution < -0.4 is 0 Å². The van der Waals surface area contributed by atoms with Crippen molar-refractivity contribution >= 4 is 19.7 Å². The predicted molar refractivity (Wildman–Crippen MR) is 44.4 cm³/mol. The van der Waals surface area contributed by atoms with E-state index in [9.17, 15) is 26.0 Å². The van der Waals surface area contributed by atoms with Crippen LogP contribution in [0.4, 0.5) is 17.6 Å². The van der Waals surface area contributed by atoms with Gasteiger partial charge in [-0.3, -0.25) is 0 Å². The van der Waals surface area contributed by atoms with E-state index in [2.05, 4.69) is 0 Å². The van der Waals surface area contributed by atoms with Crippen LogP contribution in [0.15, 0.2) is 23.1 Å². The molecule has 1 rings (SSSR count). The largest absolute Gasteiger partial charge is 0.419 e. The molecular formula is C7H3ClF4O2S. The van der Waals surface area contributed by atoms with Gasteiger partial charge in [-0.25, -0.2) is 12.8 Å². The summed E-state index contributed by atoms with van der Waals surface area (Å²) in [4.78, 5) is -0.713. The average Bonchev–Trinajstić information content (AvgIpc) is 1.99. The van der Waals surface area contributed by atoms with Crippen molar-refractivity contribution in [2.24, 2.45) is 0 Å². The number of hydrogen-bond donors (Lipinski definition) is 0. The molecule has 84 valence electrons. The molecule has 0 N–H and O–H groups in total. The highest BCUT2D eigenvalue weighted by atomic mass is 35.7. The van der Waals surface area contributed by atoms with E-state index in [4.69, 9.17) is 10.7 Å². The zero-order valence-corrected chi connectivity index (χ0v) is 8.42. The highest BCUT2D eigenvalue weighted by Gasteiger charge is 2.34. The quantitative estimate of drug-likeness (QED) is 0.576. The van der Waals surface area contributed by atoms with Gasteiger partial charge >= 0.3 is 6.18 Å². The molecule has 0 heterocycles.